The van der Waals surface area contributed by atoms with E-state index in [9.17, 15) is 0 Å². The highest BCUT2D eigenvalue weighted by Crippen LogP contribution is 2.53. The van der Waals surface area contributed by atoms with Crippen LogP contribution in [0.25, 0.3) is 0 Å². The Kier molecular flexibility index (Phi) is 3.62. The zero-order valence-electron chi connectivity index (χ0n) is 15.4. The van der Waals surface area contributed by atoms with Crippen molar-refractivity contribution in [3.8, 4) is 0 Å². The van der Waals surface area contributed by atoms with Gasteiger partial charge in [-0.25, -0.2) is 0 Å². The summed E-state index contributed by atoms with van der Waals surface area (Å²) in [6.07, 6.45) is 2.00. The van der Waals surface area contributed by atoms with Gasteiger partial charge in [0.15, 0.2) is 5.72 Å². The Hall–Kier alpha value is -2.33. The van der Waals surface area contributed by atoms with Crippen LogP contribution in [0.2, 0.25) is 0 Å². The van der Waals surface area contributed by atoms with Gasteiger partial charge in [0.2, 0.25) is 0 Å². The van der Waals surface area contributed by atoms with Crippen molar-refractivity contribution in [2.45, 2.75) is 25.0 Å². The maximum absolute atomic E-state index is 6.31. The SMILES string of the molecule is CN(C)c1ccc(N=CC23OCCN2c2ccccc2C3(C)C)cc1. The third-order valence-corrected chi connectivity index (χ3v) is 5.56. The second kappa shape index (κ2) is 5.60. The largest absolute Gasteiger partial charge is 0.378 e. The van der Waals surface area contributed by atoms with E-state index in [2.05, 4.69) is 72.2 Å². The summed E-state index contributed by atoms with van der Waals surface area (Å²) in [5, 5.41) is 0. The zero-order chi connectivity index (χ0) is 17.7. The highest BCUT2D eigenvalue weighted by atomic mass is 16.5. The number of para-hydroxylation sites is 1. The lowest BCUT2D eigenvalue weighted by molar-refractivity contribution is 0.0206. The van der Waals surface area contributed by atoms with Gasteiger partial charge in [-0.2, -0.15) is 0 Å². The van der Waals surface area contributed by atoms with Crippen molar-refractivity contribution in [1.82, 2.24) is 0 Å². The van der Waals surface area contributed by atoms with Gasteiger partial charge in [-0.15, -0.1) is 0 Å². The summed E-state index contributed by atoms with van der Waals surface area (Å²) >= 11 is 0. The maximum atomic E-state index is 6.31. The highest BCUT2D eigenvalue weighted by molar-refractivity contribution is 5.86. The molecular formula is C21H25N3O. The van der Waals surface area contributed by atoms with Crippen LogP contribution < -0.4 is 9.80 Å². The lowest BCUT2D eigenvalue weighted by Crippen LogP contribution is -2.54. The number of fused-ring (bicyclic) bond motifs is 3. The molecule has 2 aromatic carbocycles. The number of rotatable bonds is 3. The van der Waals surface area contributed by atoms with Gasteiger partial charge in [0, 0.05) is 37.4 Å². The van der Waals surface area contributed by atoms with Gasteiger partial charge < -0.3 is 14.5 Å². The van der Waals surface area contributed by atoms with Gasteiger partial charge in [-0.1, -0.05) is 32.0 Å². The Morgan fingerprint density at radius 1 is 1.08 bits per heavy atom. The van der Waals surface area contributed by atoms with E-state index in [1.54, 1.807) is 0 Å². The van der Waals surface area contributed by atoms with Crippen molar-refractivity contribution in [2.24, 2.45) is 4.99 Å². The molecule has 0 radical (unpaired) electrons. The number of benzene rings is 2. The Morgan fingerprint density at radius 2 is 1.80 bits per heavy atom. The molecule has 0 N–H and O–H groups in total. The molecule has 4 nitrogen and oxygen atoms in total. The molecule has 1 saturated heterocycles. The van der Waals surface area contributed by atoms with Crippen molar-refractivity contribution in [3.63, 3.8) is 0 Å². The maximum Gasteiger partial charge on any atom is 0.187 e. The Labute approximate surface area is 149 Å². The first-order valence-corrected chi connectivity index (χ1v) is 8.79. The first kappa shape index (κ1) is 16.2. The molecular weight excluding hydrogens is 310 g/mol. The Morgan fingerprint density at radius 3 is 2.52 bits per heavy atom. The van der Waals surface area contributed by atoms with E-state index >= 15 is 0 Å². The van der Waals surface area contributed by atoms with Crippen LogP contribution in [0.1, 0.15) is 19.4 Å². The minimum absolute atomic E-state index is 0.160. The zero-order valence-corrected chi connectivity index (χ0v) is 15.4. The topological polar surface area (TPSA) is 28.1 Å². The van der Waals surface area contributed by atoms with E-state index in [0.29, 0.717) is 0 Å². The number of hydrogen-bond donors (Lipinski definition) is 0. The Bertz CT molecular complexity index is 810. The molecule has 0 spiro atoms. The van der Waals surface area contributed by atoms with Crippen LogP contribution in [0.5, 0.6) is 0 Å². The lowest BCUT2D eigenvalue weighted by atomic mass is 9.78. The van der Waals surface area contributed by atoms with Crippen molar-refractivity contribution in [3.05, 3.63) is 54.1 Å². The summed E-state index contributed by atoms with van der Waals surface area (Å²) in [5.74, 6) is 0. The summed E-state index contributed by atoms with van der Waals surface area (Å²) in [6.45, 7) is 6.12. The van der Waals surface area contributed by atoms with E-state index in [0.717, 1.165) is 18.8 Å². The second-order valence-corrected chi connectivity index (χ2v) is 7.51. The van der Waals surface area contributed by atoms with Crippen molar-refractivity contribution >= 4 is 23.3 Å². The second-order valence-electron chi connectivity index (χ2n) is 7.51. The van der Waals surface area contributed by atoms with E-state index in [-0.39, 0.29) is 5.41 Å². The van der Waals surface area contributed by atoms with E-state index in [1.807, 2.05) is 20.3 Å². The minimum atomic E-state index is -0.517. The van der Waals surface area contributed by atoms with Crippen molar-refractivity contribution < 1.29 is 4.74 Å². The van der Waals surface area contributed by atoms with Crippen LogP contribution >= 0.6 is 0 Å². The molecule has 25 heavy (non-hydrogen) atoms. The molecule has 4 rings (SSSR count). The fraction of sp³-hybridized carbons (Fsp3) is 0.381. The molecule has 2 aliphatic rings. The molecule has 2 aromatic rings. The third kappa shape index (κ3) is 2.28. The molecule has 1 unspecified atom stereocenters. The van der Waals surface area contributed by atoms with Gasteiger partial charge in [0.25, 0.3) is 0 Å². The predicted octanol–water partition coefficient (Wildman–Crippen LogP) is 3.98. The summed E-state index contributed by atoms with van der Waals surface area (Å²) < 4.78 is 6.31. The normalized spacial score (nSPS) is 23.8. The summed E-state index contributed by atoms with van der Waals surface area (Å²) in [7, 11) is 4.08. The first-order chi connectivity index (χ1) is 12.0. The number of ether oxygens (including phenoxy) is 1. The van der Waals surface area contributed by atoms with Crippen molar-refractivity contribution in [2.75, 3.05) is 37.0 Å². The van der Waals surface area contributed by atoms with Gasteiger partial charge >= 0.3 is 0 Å². The highest BCUT2D eigenvalue weighted by Gasteiger charge is 2.59. The number of hydrogen-bond acceptors (Lipinski definition) is 4. The first-order valence-electron chi connectivity index (χ1n) is 8.79. The number of anilines is 2. The molecule has 4 heteroatoms. The number of aliphatic imine (C=N–C) groups is 1. The summed E-state index contributed by atoms with van der Waals surface area (Å²) in [4.78, 5) is 9.24. The van der Waals surface area contributed by atoms with Gasteiger partial charge in [-0.3, -0.25) is 4.99 Å². The van der Waals surface area contributed by atoms with Crippen LogP contribution in [0, 0.1) is 0 Å². The van der Waals surface area contributed by atoms with E-state index in [4.69, 9.17) is 9.73 Å². The molecule has 2 heterocycles. The Balaban J connectivity index is 1.71. The molecule has 0 aliphatic carbocycles. The lowest BCUT2D eigenvalue weighted by Gasteiger charge is -2.38. The van der Waals surface area contributed by atoms with Gasteiger partial charge in [-0.05, 0) is 35.9 Å². The minimum Gasteiger partial charge on any atom is -0.378 e. The molecule has 0 aromatic heterocycles. The van der Waals surface area contributed by atoms with E-state index < -0.39 is 5.72 Å². The smallest absolute Gasteiger partial charge is 0.187 e. The quantitative estimate of drug-likeness (QED) is 0.794. The molecule has 0 saturated carbocycles. The van der Waals surface area contributed by atoms with Gasteiger partial charge in [0.1, 0.15) is 0 Å². The fourth-order valence-corrected chi connectivity index (χ4v) is 4.05. The average Bonchev–Trinajstić information content (AvgIpc) is 3.12. The third-order valence-electron chi connectivity index (χ3n) is 5.56. The van der Waals surface area contributed by atoms with E-state index in [1.165, 1.54) is 16.9 Å². The van der Waals surface area contributed by atoms with Gasteiger partial charge in [0.05, 0.1) is 18.5 Å². The molecule has 2 aliphatic heterocycles. The molecule has 0 bridgehead atoms. The summed E-state index contributed by atoms with van der Waals surface area (Å²) in [5.41, 5.74) is 4.03. The fourth-order valence-electron chi connectivity index (χ4n) is 4.05. The summed E-state index contributed by atoms with van der Waals surface area (Å²) in [6, 6.07) is 16.9. The standard InChI is InChI=1S/C21H25N3O/c1-20(2)18-7-5-6-8-19(18)24-13-14-25-21(20,24)15-22-16-9-11-17(12-10-16)23(3)4/h5-12,15H,13-14H2,1-4H3. The van der Waals surface area contributed by atoms with Crippen molar-refractivity contribution in [1.29, 1.82) is 0 Å². The van der Waals surface area contributed by atoms with Crippen LogP contribution in [-0.4, -0.2) is 39.2 Å². The van der Waals surface area contributed by atoms with Crippen LogP contribution in [-0.2, 0) is 10.2 Å². The monoisotopic (exact) mass is 335 g/mol. The van der Waals surface area contributed by atoms with Crippen LogP contribution in [0.15, 0.2) is 53.5 Å². The molecule has 1 atom stereocenters. The predicted molar refractivity (Wildman–Crippen MR) is 104 cm³/mol. The van der Waals surface area contributed by atoms with Crippen LogP contribution in [0.4, 0.5) is 17.1 Å². The molecule has 130 valence electrons. The average molecular weight is 335 g/mol. The molecule has 0 amide bonds. The number of nitrogens with zero attached hydrogens (tertiary/aromatic N) is 3. The van der Waals surface area contributed by atoms with Crippen LogP contribution in [0.3, 0.4) is 0 Å². The molecule has 1 fully saturated rings.